The average Bonchev–Trinajstić information content (AvgIpc) is 2.91. The summed E-state index contributed by atoms with van der Waals surface area (Å²) in [6.07, 6.45) is 2.33. The zero-order valence-electron chi connectivity index (χ0n) is 11.6. The normalized spacial score (nSPS) is 22.7. The first-order chi connectivity index (χ1) is 9.26. The smallest absolute Gasteiger partial charge is 0.105 e. The van der Waals surface area contributed by atoms with E-state index in [0.29, 0.717) is 0 Å². The molecule has 1 unspecified atom stereocenters. The van der Waals surface area contributed by atoms with E-state index < -0.39 is 0 Å². The van der Waals surface area contributed by atoms with Crippen molar-refractivity contribution in [2.45, 2.75) is 38.4 Å². The van der Waals surface area contributed by atoms with E-state index in [-0.39, 0.29) is 11.7 Å². The number of ether oxygens (including phenoxy) is 1. The first-order valence-corrected chi connectivity index (χ1v) is 7.95. The monoisotopic (exact) mass is 275 g/mol. The maximum absolute atomic E-state index is 6.44. The maximum atomic E-state index is 6.44. The molecule has 2 heterocycles. The summed E-state index contributed by atoms with van der Waals surface area (Å²) in [5.74, 6) is 0. The van der Waals surface area contributed by atoms with Crippen LogP contribution in [-0.4, -0.2) is 18.7 Å². The molecule has 3 rings (SSSR count). The predicted molar refractivity (Wildman–Crippen MR) is 81.8 cm³/mol. The van der Waals surface area contributed by atoms with Gasteiger partial charge in [0.1, 0.15) is 6.10 Å². The number of hydrogen-bond acceptors (Lipinski definition) is 3. The van der Waals surface area contributed by atoms with Crippen LogP contribution in [0.3, 0.4) is 0 Å². The summed E-state index contributed by atoms with van der Waals surface area (Å²) in [6.45, 7) is 6.34. The van der Waals surface area contributed by atoms with Gasteiger partial charge < -0.3 is 10.1 Å². The summed E-state index contributed by atoms with van der Waals surface area (Å²) < 4.78 is 7.79. The molecule has 1 aliphatic heterocycles. The Kier molecular flexibility index (Phi) is 3.61. The minimum Gasteiger partial charge on any atom is -0.364 e. The molecule has 19 heavy (non-hydrogen) atoms. The summed E-state index contributed by atoms with van der Waals surface area (Å²) in [6, 6.07) is 10.9. The van der Waals surface area contributed by atoms with Crippen molar-refractivity contribution in [3.8, 4) is 0 Å². The van der Waals surface area contributed by atoms with Crippen molar-refractivity contribution in [1.82, 2.24) is 5.32 Å². The fourth-order valence-electron chi connectivity index (χ4n) is 2.80. The second-order valence-electron chi connectivity index (χ2n) is 5.31. The number of fused-ring (bicyclic) bond motifs is 1. The van der Waals surface area contributed by atoms with Crippen molar-refractivity contribution >= 4 is 21.4 Å². The third kappa shape index (κ3) is 2.42. The van der Waals surface area contributed by atoms with Gasteiger partial charge in [-0.3, -0.25) is 0 Å². The Morgan fingerprint density at radius 3 is 2.84 bits per heavy atom. The SMILES string of the molecule is CCC1(CC)CNCC(c2cc3ccccc3s2)O1. The molecule has 2 aromatic rings. The van der Waals surface area contributed by atoms with Crippen molar-refractivity contribution in [2.24, 2.45) is 0 Å². The molecule has 0 spiro atoms. The maximum Gasteiger partial charge on any atom is 0.105 e. The third-order valence-electron chi connectivity index (χ3n) is 4.22. The van der Waals surface area contributed by atoms with Crippen LogP contribution in [0.4, 0.5) is 0 Å². The van der Waals surface area contributed by atoms with Crippen LogP contribution in [-0.2, 0) is 4.74 Å². The van der Waals surface area contributed by atoms with E-state index in [1.165, 1.54) is 15.0 Å². The lowest BCUT2D eigenvalue weighted by atomic mass is 9.94. The summed E-state index contributed by atoms with van der Waals surface area (Å²) >= 11 is 1.86. The van der Waals surface area contributed by atoms with Gasteiger partial charge in [0.05, 0.1) is 5.60 Å². The molecule has 102 valence electrons. The van der Waals surface area contributed by atoms with Crippen molar-refractivity contribution in [2.75, 3.05) is 13.1 Å². The predicted octanol–water partition coefficient (Wildman–Crippen LogP) is 4.12. The Morgan fingerprint density at radius 2 is 2.11 bits per heavy atom. The summed E-state index contributed by atoms with van der Waals surface area (Å²) in [5.41, 5.74) is 0.0130. The lowest BCUT2D eigenvalue weighted by molar-refractivity contribution is -0.121. The molecule has 1 saturated heterocycles. The highest BCUT2D eigenvalue weighted by molar-refractivity contribution is 7.19. The molecule has 0 aliphatic carbocycles. The van der Waals surface area contributed by atoms with Gasteiger partial charge >= 0.3 is 0 Å². The summed E-state index contributed by atoms with van der Waals surface area (Å²) in [7, 11) is 0. The fourth-order valence-corrected chi connectivity index (χ4v) is 3.90. The van der Waals surface area contributed by atoms with Crippen LogP contribution in [0.2, 0.25) is 0 Å². The second kappa shape index (κ2) is 5.23. The second-order valence-corrected chi connectivity index (χ2v) is 6.43. The standard InChI is InChI=1S/C16H21NOS/c1-3-16(4-2)11-17-10-13(18-16)15-9-12-7-5-6-8-14(12)19-15/h5-9,13,17H,3-4,10-11H2,1-2H3. The number of nitrogens with one attached hydrogen (secondary N) is 1. The van der Waals surface area contributed by atoms with Gasteiger partial charge in [0.15, 0.2) is 0 Å². The van der Waals surface area contributed by atoms with E-state index in [2.05, 4.69) is 49.5 Å². The quantitative estimate of drug-likeness (QED) is 0.909. The van der Waals surface area contributed by atoms with E-state index >= 15 is 0 Å². The van der Waals surface area contributed by atoms with Gasteiger partial charge in [-0.05, 0) is 30.4 Å². The van der Waals surface area contributed by atoms with Gasteiger partial charge in [0.25, 0.3) is 0 Å². The molecule has 1 fully saturated rings. The number of benzene rings is 1. The molecule has 2 nitrogen and oxygen atoms in total. The molecular weight excluding hydrogens is 254 g/mol. The van der Waals surface area contributed by atoms with Crippen LogP contribution in [0.25, 0.3) is 10.1 Å². The van der Waals surface area contributed by atoms with Crippen LogP contribution in [0.5, 0.6) is 0 Å². The number of morpholine rings is 1. The minimum absolute atomic E-state index is 0.0130. The number of rotatable bonds is 3. The fraction of sp³-hybridized carbons (Fsp3) is 0.500. The molecule has 1 aromatic heterocycles. The summed E-state index contributed by atoms with van der Waals surface area (Å²) in [5, 5.41) is 4.88. The van der Waals surface area contributed by atoms with Gasteiger partial charge in [-0.15, -0.1) is 11.3 Å². The average molecular weight is 275 g/mol. The largest absolute Gasteiger partial charge is 0.364 e. The lowest BCUT2D eigenvalue weighted by Gasteiger charge is -2.40. The first-order valence-electron chi connectivity index (χ1n) is 7.13. The van der Waals surface area contributed by atoms with Crippen molar-refractivity contribution in [3.05, 3.63) is 35.2 Å². The molecule has 0 saturated carbocycles. The highest BCUT2D eigenvalue weighted by atomic mass is 32.1. The molecule has 1 aliphatic rings. The lowest BCUT2D eigenvalue weighted by Crippen LogP contribution is -2.50. The van der Waals surface area contributed by atoms with E-state index in [9.17, 15) is 0 Å². The number of thiophene rings is 1. The van der Waals surface area contributed by atoms with Crippen LogP contribution in [0.1, 0.15) is 37.7 Å². The van der Waals surface area contributed by atoms with E-state index in [1.54, 1.807) is 0 Å². The Labute approximate surface area is 118 Å². The Hall–Kier alpha value is -0.900. The zero-order chi connectivity index (χ0) is 13.3. The highest BCUT2D eigenvalue weighted by Gasteiger charge is 2.35. The van der Waals surface area contributed by atoms with Gasteiger partial charge in [0, 0.05) is 22.7 Å². The third-order valence-corrected chi connectivity index (χ3v) is 5.43. The van der Waals surface area contributed by atoms with Crippen LogP contribution >= 0.6 is 11.3 Å². The van der Waals surface area contributed by atoms with Crippen molar-refractivity contribution in [1.29, 1.82) is 0 Å². The van der Waals surface area contributed by atoms with Crippen LogP contribution < -0.4 is 5.32 Å². The van der Waals surface area contributed by atoms with Crippen LogP contribution in [0, 0.1) is 0 Å². The van der Waals surface area contributed by atoms with Crippen molar-refractivity contribution < 1.29 is 4.74 Å². The first kappa shape index (κ1) is 13.1. The van der Waals surface area contributed by atoms with Gasteiger partial charge in [-0.1, -0.05) is 32.0 Å². The van der Waals surface area contributed by atoms with Crippen LogP contribution in [0.15, 0.2) is 30.3 Å². The highest BCUT2D eigenvalue weighted by Crippen LogP contribution is 2.37. The molecule has 0 radical (unpaired) electrons. The molecule has 3 heteroatoms. The van der Waals surface area contributed by atoms with E-state index in [1.807, 2.05) is 11.3 Å². The van der Waals surface area contributed by atoms with E-state index in [0.717, 1.165) is 25.9 Å². The zero-order valence-corrected chi connectivity index (χ0v) is 12.4. The molecule has 1 N–H and O–H groups in total. The molecular formula is C16H21NOS. The van der Waals surface area contributed by atoms with Gasteiger partial charge in [0.2, 0.25) is 0 Å². The summed E-state index contributed by atoms with van der Waals surface area (Å²) in [4.78, 5) is 1.35. The molecule has 0 bridgehead atoms. The minimum atomic E-state index is 0.0130. The van der Waals surface area contributed by atoms with Gasteiger partial charge in [-0.25, -0.2) is 0 Å². The Morgan fingerprint density at radius 1 is 1.32 bits per heavy atom. The Balaban J connectivity index is 1.89. The molecule has 1 atom stereocenters. The molecule has 1 aromatic carbocycles. The molecule has 0 amide bonds. The van der Waals surface area contributed by atoms with E-state index in [4.69, 9.17) is 4.74 Å². The topological polar surface area (TPSA) is 21.3 Å². The number of hydrogen-bond donors (Lipinski definition) is 1. The van der Waals surface area contributed by atoms with Gasteiger partial charge in [-0.2, -0.15) is 0 Å². The Bertz CT molecular complexity index is 526. The van der Waals surface area contributed by atoms with Crippen molar-refractivity contribution in [3.63, 3.8) is 0 Å².